The zero-order chi connectivity index (χ0) is 37.7. The third-order valence-corrected chi connectivity index (χ3v) is 7.62. The van der Waals surface area contributed by atoms with Gasteiger partial charge in [-0.2, -0.15) is 0 Å². The number of hydrogen-bond acceptors (Lipinski definition) is 14. The lowest BCUT2D eigenvalue weighted by Crippen LogP contribution is -2.62. The van der Waals surface area contributed by atoms with E-state index in [9.17, 15) is 28.8 Å². The maximum atomic E-state index is 13.7. The molecule has 0 radical (unpaired) electrons. The van der Waals surface area contributed by atoms with Gasteiger partial charge in [0.05, 0.1) is 18.2 Å². The molecule has 2 aromatic carbocycles. The van der Waals surface area contributed by atoms with Gasteiger partial charge in [-0.05, 0) is 48.5 Å². The van der Waals surface area contributed by atoms with Gasteiger partial charge < -0.3 is 33.7 Å². The van der Waals surface area contributed by atoms with Crippen LogP contribution < -0.4 is 5.32 Å². The average molecular weight is 724 g/mol. The summed E-state index contributed by atoms with van der Waals surface area (Å²) < 4.78 is 34.1. The molecule has 1 aliphatic rings. The Labute approximate surface area is 302 Å². The zero-order valence-corrected chi connectivity index (χ0v) is 28.4. The van der Waals surface area contributed by atoms with E-state index >= 15 is 0 Å². The summed E-state index contributed by atoms with van der Waals surface area (Å²) in [6.45, 7) is 0.423. The van der Waals surface area contributed by atoms with Crippen LogP contribution in [0.15, 0.2) is 121 Å². The fraction of sp³-hybridized carbons (Fsp3) is 0.211. The number of benzene rings is 2. The van der Waals surface area contributed by atoms with Crippen molar-refractivity contribution >= 4 is 35.8 Å². The van der Waals surface area contributed by atoms with Gasteiger partial charge in [-0.25, -0.2) is 33.9 Å². The molecule has 0 spiro atoms. The number of rotatable bonds is 13. The molecular formula is C38H33N3O12. The number of amides is 1. The van der Waals surface area contributed by atoms with Crippen LogP contribution in [0.25, 0.3) is 0 Å². The molecule has 15 nitrogen and oxygen atoms in total. The van der Waals surface area contributed by atoms with Crippen molar-refractivity contribution in [2.45, 2.75) is 37.4 Å². The Balaban J connectivity index is 1.61. The van der Waals surface area contributed by atoms with Crippen LogP contribution in [0.1, 0.15) is 48.6 Å². The van der Waals surface area contributed by atoms with E-state index < -0.39 is 78.6 Å². The fourth-order valence-electron chi connectivity index (χ4n) is 5.17. The van der Waals surface area contributed by atoms with E-state index in [1.807, 2.05) is 0 Å². The van der Waals surface area contributed by atoms with Crippen molar-refractivity contribution in [3.05, 3.63) is 144 Å². The van der Waals surface area contributed by atoms with Crippen LogP contribution >= 0.6 is 0 Å². The third-order valence-electron chi connectivity index (χ3n) is 7.62. The van der Waals surface area contributed by atoms with Crippen molar-refractivity contribution in [2.75, 3.05) is 13.7 Å². The van der Waals surface area contributed by atoms with Crippen molar-refractivity contribution in [2.24, 2.45) is 0 Å². The maximum absolute atomic E-state index is 13.7. The lowest BCUT2D eigenvalue weighted by Gasteiger charge is -2.41. The lowest BCUT2D eigenvalue weighted by atomic mass is 9.93. The summed E-state index contributed by atoms with van der Waals surface area (Å²) in [6.07, 6.45) is -2.88. The molecule has 15 heteroatoms. The molecule has 0 unspecified atom stereocenters. The van der Waals surface area contributed by atoms with Crippen LogP contribution in [0.3, 0.4) is 0 Å². The van der Waals surface area contributed by atoms with Crippen LogP contribution in [0, 0.1) is 0 Å². The highest BCUT2D eigenvalue weighted by Crippen LogP contribution is 2.29. The number of nitrogens with zero attached hydrogens (tertiary/aromatic N) is 2. The summed E-state index contributed by atoms with van der Waals surface area (Å²) in [6, 6.07) is 23.2. The molecule has 272 valence electrons. The summed E-state index contributed by atoms with van der Waals surface area (Å²) in [4.78, 5) is 87.4. The predicted molar refractivity (Wildman–Crippen MR) is 182 cm³/mol. The first-order valence-corrected chi connectivity index (χ1v) is 16.1. The second-order valence-corrected chi connectivity index (χ2v) is 11.3. The molecule has 4 aromatic rings. The van der Waals surface area contributed by atoms with Crippen LogP contribution in [0.5, 0.6) is 0 Å². The molecule has 0 saturated carbocycles. The quantitative estimate of drug-likeness (QED) is 0.156. The Hall–Kier alpha value is -6.90. The summed E-state index contributed by atoms with van der Waals surface area (Å²) in [5.74, 6) is -5.92. The topological polar surface area (TPSA) is 196 Å². The fourth-order valence-corrected chi connectivity index (χ4v) is 5.17. The Morgan fingerprint density at radius 3 is 1.77 bits per heavy atom. The number of aromatic nitrogens is 2. The van der Waals surface area contributed by atoms with E-state index in [1.165, 1.54) is 67.8 Å². The first kappa shape index (κ1) is 37.4. The van der Waals surface area contributed by atoms with E-state index in [0.29, 0.717) is 0 Å². The number of pyridine rings is 2. The lowest BCUT2D eigenvalue weighted by molar-refractivity contribution is -0.153. The van der Waals surface area contributed by atoms with Crippen LogP contribution in [0.4, 0.5) is 0 Å². The molecule has 5 atom stereocenters. The summed E-state index contributed by atoms with van der Waals surface area (Å²) in [5, 5.41) is 2.63. The van der Waals surface area contributed by atoms with Gasteiger partial charge in [0, 0.05) is 25.4 Å². The summed E-state index contributed by atoms with van der Waals surface area (Å²) in [5.41, 5.74) is -0.0536. The van der Waals surface area contributed by atoms with Gasteiger partial charge >= 0.3 is 29.8 Å². The minimum absolute atomic E-state index is 0.137. The first-order valence-electron chi connectivity index (χ1n) is 16.1. The molecule has 5 rings (SSSR count). The van der Waals surface area contributed by atoms with Gasteiger partial charge in [-0.15, -0.1) is 0 Å². The molecule has 1 N–H and O–H groups in total. The van der Waals surface area contributed by atoms with E-state index in [-0.39, 0.29) is 22.5 Å². The number of hydrogen-bond donors (Lipinski definition) is 1. The second kappa shape index (κ2) is 17.8. The Bertz CT molecular complexity index is 1940. The number of carbonyl (C=O) groups is 6. The highest BCUT2D eigenvalue weighted by Gasteiger charge is 2.50. The Morgan fingerprint density at radius 2 is 1.25 bits per heavy atom. The molecule has 0 aliphatic carbocycles. The molecule has 0 fully saturated rings. The van der Waals surface area contributed by atoms with Crippen molar-refractivity contribution in [3.8, 4) is 0 Å². The minimum Gasteiger partial charge on any atom is -0.477 e. The van der Waals surface area contributed by atoms with Gasteiger partial charge in [-0.1, -0.05) is 48.5 Å². The highest BCUT2D eigenvalue weighted by atomic mass is 16.6. The number of carbonyl (C=O) groups excluding carboxylic acids is 6. The molecule has 0 saturated heterocycles. The Kier molecular flexibility index (Phi) is 12.6. The molecule has 53 heavy (non-hydrogen) atoms. The standard InChI is InChI=1S/C38H33N3O12/c1-23(42)41-31-28(51-35(44)25-15-7-4-8-16-25)21-29(38(47)48-2)50-33(31)32(53-37(46)27-18-10-12-20-40-27)30(52-36(45)26-17-9-11-19-39-26)22-49-34(43)24-13-5-3-6-14-24/h3-21,28,30-33H,22H2,1-2H3,(H,41,42)/t28-,30+,31+,32-,33-/m0/s1. The van der Waals surface area contributed by atoms with Gasteiger partial charge in [0.25, 0.3) is 0 Å². The average Bonchev–Trinajstić information content (AvgIpc) is 3.19. The van der Waals surface area contributed by atoms with Crippen molar-refractivity contribution in [3.63, 3.8) is 0 Å². The van der Waals surface area contributed by atoms with Gasteiger partial charge in [0.1, 0.15) is 30.1 Å². The molecular weight excluding hydrogens is 690 g/mol. The van der Waals surface area contributed by atoms with Gasteiger partial charge in [0.2, 0.25) is 11.7 Å². The molecule has 3 heterocycles. The van der Waals surface area contributed by atoms with Crippen LogP contribution in [-0.2, 0) is 38.0 Å². The molecule has 0 bridgehead atoms. The van der Waals surface area contributed by atoms with E-state index in [4.69, 9.17) is 28.4 Å². The number of esters is 5. The van der Waals surface area contributed by atoms with Crippen LogP contribution in [-0.4, -0.2) is 89.9 Å². The maximum Gasteiger partial charge on any atom is 0.373 e. The van der Waals surface area contributed by atoms with Crippen molar-refractivity contribution < 1.29 is 57.2 Å². The predicted octanol–water partition coefficient (Wildman–Crippen LogP) is 3.27. The van der Waals surface area contributed by atoms with Crippen LogP contribution in [0.2, 0.25) is 0 Å². The third kappa shape index (κ3) is 9.88. The van der Waals surface area contributed by atoms with Crippen molar-refractivity contribution in [1.82, 2.24) is 15.3 Å². The summed E-state index contributed by atoms with van der Waals surface area (Å²) >= 11 is 0. The molecule has 1 aliphatic heterocycles. The number of methoxy groups -OCH3 is 1. The normalized spacial score (nSPS) is 17.3. The number of ether oxygens (including phenoxy) is 6. The van der Waals surface area contributed by atoms with E-state index in [0.717, 1.165) is 13.2 Å². The van der Waals surface area contributed by atoms with E-state index in [2.05, 4.69) is 15.3 Å². The van der Waals surface area contributed by atoms with E-state index in [1.54, 1.807) is 48.5 Å². The minimum atomic E-state index is -1.82. The smallest absolute Gasteiger partial charge is 0.373 e. The SMILES string of the molecule is COC(=O)C1=C[C@H](OC(=O)c2ccccc2)[C@@H](NC(C)=O)[C@@H]([C@@H](OC(=O)c2ccccn2)[C@@H](COC(=O)c2ccccc2)OC(=O)c2ccccn2)O1. The molecule has 1 amide bonds. The van der Waals surface area contributed by atoms with Crippen molar-refractivity contribution in [1.29, 1.82) is 0 Å². The van der Waals surface area contributed by atoms with Gasteiger partial charge in [0.15, 0.2) is 18.3 Å². The largest absolute Gasteiger partial charge is 0.477 e. The zero-order valence-electron chi connectivity index (χ0n) is 28.4. The monoisotopic (exact) mass is 723 g/mol. The first-order chi connectivity index (χ1) is 25.6. The second-order valence-electron chi connectivity index (χ2n) is 11.3. The van der Waals surface area contributed by atoms with Gasteiger partial charge in [-0.3, -0.25) is 4.79 Å². The summed E-state index contributed by atoms with van der Waals surface area (Å²) in [7, 11) is 1.07. The Morgan fingerprint density at radius 1 is 0.698 bits per heavy atom. The molecule has 2 aromatic heterocycles. The number of nitrogens with one attached hydrogen (secondary N) is 1. The highest BCUT2D eigenvalue weighted by molar-refractivity contribution is 5.91.